The Morgan fingerprint density at radius 3 is 2.50 bits per heavy atom. The highest BCUT2D eigenvalue weighted by Crippen LogP contribution is 2.23. The molecule has 3 nitrogen and oxygen atoms in total. The first-order chi connectivity index (χ1) is 7.58. The highest BCUT2D eigenvalue weighted by molar-refractivity contribution is 14.1. The number of nitrogens with zero attached hydrogens (tertiary/aromatic N) is 1. The molecule has 2 rings (SSSR count). The number of halogens is 2. The molecule has 0 radical (unpaired) electrons. The summed E-state index contributed by atoms with van der Waals surface area (Å²) in [4.78, 5) is 11.0. The third kappa shape index (κ3) is 2.08. The third-order valence-electron chi connectivity index (χ3n) is 2.13. The summed E-state index contributed by atoms with van der Waals surface area (Å²) in [6.07, 6.45) is 0.462. The highest BCUT2D eigenvalue weighted by Gasteiger charge is 2.11. The molecule has 0 spiro atoms. The smallest absolute Gasteiger partial charge is 0.416 e. The SMILES string of the molecule is O=C(O)n1cc(I)cc1-c1ccc(F)cc1. The molecule has 16 heavy (non-hydrogen) atoms. The zero-order valence-corrected chi connectivity index (χ0v) is 10.2. The fraction of sp³-hybridized carbons (Fsp3) is 0. The number of aromatic nitrogens is 1. The molecule has 0 saturated heterocycles. The van der Waals surface area contributed by atoms with Crippen LogP contribution in [0.5, 0.6) is 0 Å². The third-order valence-corrected chi connectivity index (χ3v) is 2.72. The first-order valence-electron chi connectivity index (χ1n) is 4.45. The maximum Gasteiger partial charge on any atom is 0.416 e. The van der Waals surface area contributed by atoms with Gasteiger partial charge < -0.3 is 5.11 Å². The number of rotatable bonds is 1. The van der Waals surface area contributed by atoms with Crippen molar-refractivity contribution in [2.45, 2.75) is 0 Å². The maximum absolute atomic E-state index is 12.7. The van der Waals surface area contributed by atoms with Crippen molar-refractivity contribution in [3.63, 3.8) is 0 Å². The molecule has 5 heteroatoms. The van der Waals surface area contributed by atoms with Gasteiger partial charge in [0.2, 0.25) is 0 Å². The Balaban J connectivity index is 2.55. The van der Waals surface area contributed by atoms with Crippen LogP contribution in [0.2, 0.25) is 0 Å². The van der Waals surface area contributed by atoms with Crippen LogP contribution in [-0.4, -0.2) is 15.8 Å². The Morgan fingerprint density at radius 1 is 1.31 bits per heavy atom. The predicted molar refractivity (Wildman–Crippen MR) is 66.0 cm³/mol. The standard InChI is InChI=1S/C11H7FINO2/c12-8-3-1-7(2-4-8)10-5-9(13)6-14(10)11(15)16/h1-6H,(H,15,16). The van der Waals surface area contributed by atoms with Crippen molar-refractivity contribution in [1.82, 2.24) is 4.57 Å². The lowest BCUT2D eigenvalue weighted by Gasteiger charge is -2.03. The molecule has 0 unspecified atom stereocenters. The van der Waals surface area contributed by atoms with Crippen LogP contribution >= 0.6 is 22.6 Å². The van der Waals surface area contributed by atoms with Gasteiger partial charge in [-0.1, -0.05) is 0 Å². The maximum atomic E-state index is 12.7. The normalized spacial score (nSPS) is 10.4. The molecule has 82 valence electrons. The molecule has 0 bridgehead atoms. The van der Waals surface area contributed by atoms with E-state index in [-0.39, 0.29) is 5.82 Å². The van der Waals surface area contributed by atoms with Gasteiger partial charge in [0.15, 0.2) is 0 Å². The van der Waals surface area contributed by atoms with Gasteiger partial charge >= 0.3 is 6.09 Å². The Hall–Kier alpha value is -1.37. The van der Waals surface area contributed by atoms with Crippen LogP contribution in [0.4, 0.5) is 9.18 Å². The fourth-order valence-electron chi connectivity index (χ4n) is 1.43. The highest BCUT2D eigenvalue weighted by atomic mass is 127. The Bertz CT molecular complexity index is 533. The molecular formula is C11H7FINO2. The largest absolute Gasteiger partial charge is 0.464 e. The summed E-state index contributed by atoms with van der Waals surface area (Å²) in [6, 6.07) is 7.46. The number of benzene rings is 1. The summed E-state index contributed by atoms with van der Waals surface area (Å²) in [7, 11) is 0. The van der Waals surface area contributed by atoms with Crippen molar-refractivity contribution in [1.29, 1.82) is 0 Å². The average Bonchev–Trinajstić information content (AvgIpc) is 2.61. The molecule has 0 aliphatic rings. The van der Waals surface area contributed by atoms with E-state index in [4.69, 9.17) is 5.11 Å². The van der Waals surface area contributed by atoms with Gasteiger partial charge in [-0.05, 0) is 58.5 Å². The molecule has 2 aromatic rings. The van der Waals surface area contributed by atoms with E-state index in [1.54, 1.807) is 18.2 Å². The van der Waals surface area contributed by atoms with E-state index in [0.29, 0.717) is 11.3 Å². The van der Waals surface area contributed by atoms with E-state index in [0.717, 1.165) is 8.14 Å². The van der Waals surface area contributed by atoms with Crippen molar-refractivity contribution in [3.05, 3.63) is 45.9 Å². The summed E-state index contributed by atoms with van der Waals surface area (Å²) in [5.74, 6) is -0.341. The lowest BCUT2D eigenvalue weighted by molar-refractivity contribution is 0.197. The van der Waals surface area contributed by atoms with Gasteiger partial charge in [0, 0.05) is 9.77 Å². The minimum Gasteiger partial charge on any atom is -0.464 e. The van der Waals surface area contributed by atoms with E-state index in [2.05, 4.69) is 0 Å². The Morgan fingerprint density at radius 2 is 1.94 bits per heavy atom. The van der Waals surface area contributed by atoms with Gasteiger partial charge in [-0.25, -0.2) is 9.18 Å². The molecule has 0 atom stereocenters. The first kappa shape index (κ1) is 11.1. The van der Waals surface area contributed by atoms with Crippen molar-refractivity contribution in [2.75, 3.05) is 0 Å². The first-order valence-corrected chi connectivity index (χ1v) is 5.53. The molecule has 0 aliphatic carbocycles. The van der Waals surface area contributed by atoms with Gasteiger partial charge in [-0.2, -0.15) is 0 Å². The lowest BCUT2D eigenvalue weighted by atomic mass is 10.1. The molecule has 1 N–H and O–H groups in total. The Labute approximate surface area is 105 Å². The molecule has 0 aliphatic heterocycles. The zero-order chi connectivity index (χ0) is 11.7. The molecule has 1 heterocycles. The summed E-state index contributed by atoms with van der Waals surface area (Å²) in [5.41, 5.74) is 1.21. The second-order valence-electron chi connectivity index (χ2n) is 3.20. The second-order valence-corrected chi connectivity index (χ2v) is 4.45. The van der Waals surface area contributed by atoms with Gasteiger partial charge in [0.05, 0.1) is 5.69 Å². The summed E-state index contributed by atoms with van der Waals surface area (Å²) < 4.78 is 14.7. The quantitative estimate of drug-likeness (QED) is 0.814. The Kier molecular flexibility index (Phi) is 2.95. The number of carbonyl (C=O) groups is 1. The van der Waals surface area contributed by atoms with E-state index in [9.17, 15) is 9.18 Å². The predicted octanol–water partition coefficient (Wildman–Crippen LogP) is 3.42. The van der Waals surface area contributed by atoms with Crippen molar-refractivity contribution < 1.29 is 14.3 Å². The van der Waals surface area contributed by atoms with Crippen LogP contribution in [0.1, 0.15) is 0 Å². The molecule has 0 saturated carbocycles. The van der Waals surface area contributed by atoms with Gasteiger partial charge in [0.1, 0.15) is 5.82 Å². The average molecular weight is 331 g/mol. The van der Waals surface area contributed by atoms with E-state index in [1.807, 2.05) is 22.6 Å². The fourth-order valence-corrected chi connectivity index (χ4v) is 2.01. The van der Waals surface area contributed by atoms with E-state index < -0.39 is 6.09 Å². The minimum atomic E-state index is -1.05. The van der Waals surface area contributed by atoms with Gasteiger partial charge in [-0.15, -0.1) is 0 Å². The number of carboxylic acid groups (broad SMARTS) is 1. The summed E-state index contributed by atoms with van der Waals surface area (Å²) >= 11 is 2.03. The van der Waals surface area contributed by atoms with Gasteiger partial charge in [-0.3, -0.25) is 4.57 Å². The molecule has 1 aromatic carbocycles. The van der Waals surface area contributed by atoms with Crippen LogP contribution in [0, 0.1) is 9.39 Å². The van der Waals surface area contributed by atoms with Crippen molar-refractivity contribution >= 4 is 28.7 Å². The summed E-state index contributed by atoms with van der Waals surface area (Å²) in [5, 5.41) is 8.98. The lowest BCUT2D eigenvalue weighted by Crippen LogP contribution is -2.07. The van der Waals surface area contributed by atoms with Gasteiger partial charge in [0.25, 0.3) is 0 Å². The molecule has 1 aromatic heterocycles. The minimum absolute atomic E-state index is 0.341. The zero-order valence-electron chi connectivity index (χ0n) is 8.02. The summed E-state index contributed by atoms with van der Waals surface area (Å²) in [6.45, 7) is 0. The van der Waals surface area contributed by atoms with Crippen LogP contribution in [-0.2, 0) is 0 Å². The van der Waals surface area contributed by atoms with Crippen LogP contribution in [0.3, 0.4) is 0 Å². The van der Waals surface area contributed by atoms with Crippen molar-refractivity contribution in [3.8, 4) is 11.3 Å². The molecular weight excluding hydrogens is 324 g/mol. The molecule has 0 amide bonds. The van der Waals surface area contributed by atoms with Crippen LogP contribution in [0.15, 0.2) is 36.5 Å². The van der Waals surface area contributed by atoms with Crippen LogP contribution in [0.25, 0.3) is 11.3 Å². The topological polar surface area (TPSA) is 42.2 Å². The monoisotopic (exact) mass is 331 g/mol. The van der Waals surface area contributed by atoms with Crippen molar-refractivity contribution in [2.24, 2.45) is 0 Å². The van der Waals surface area contributed by atoms with E-state index in [1.165, 1.54) is 18.3 Å². The number of hydrogen-bond donors (Lipinski definition) is 1. The van der Waals surface area contributed by atoms with Crippen LogP contribution < -0.4 is 0 Å². The molecule has 0 fully saturated rings. The second kappa shape index (κ2) is 4.25. The van der Waals surface area contributed by atoms with E-state index >= 15 is 0 Å². The number of hydrogen-bond acceptors (Lipinski definition) is 1.